The normalized spacial score (nSPS) is 11.5. The minimum atomic E-state index is -0.926. The molecule has 0 fully saturated rings. The van der Waals surface area contributed by atoms with Crippen LogP contribution in [-0.4, -0.2) is 23.0 Å². The Morgan fingerprint density at radius 1 is 1.42 bits per heavy atom. The van der Waals surface area contributed by atoms with E-state index in [1.165, 1.54) is 4.88 Å². The van der Waals surface area contributed by atoms with Crippen molar-refractivity contribution < 1.29 is 14.3 Å². The van der Waals surface area contributed by atoms with Crippen LogP contribution in [0.2, 0.25) is 0 Å². The van der Waals surface area contributed by atoms with Crippen molar-refractivity contribution in [3.63, 3.8) is 0 Å². The van der Waals surface area contributed by atoms with E-state index in [1.807, 2.05) is 31.3 Å². The molecule has 0 atom stereocenters. The number of furan rings is 1. The zero-order chi connectivity index (χ0) is 13.7. The van der Waals surface area contributed by atoms with Gasteiger partial charge in [-0.1, -0.05) is 0 Å². The lowest BCUT2D eigenvalue weighted by molar-refractivity contribution is -0.131. The van der Waals surface area contributed by atoms with Gasteiger partial charge in [-0.25, -0.2) is 4.79 Å². The summed E-state index contributed by atoms with van der Waals surface area (Å²) < 4.78 is 5.30. The highest BCUT2D eigenvalue weighted by Gasteiger charge is 2.05. The molecule has 0 aliphatic heterocycles. The molecule has 2 aromatic rings. The van der Waals surface area contributed by atoms with Gasteiger partial charge in [0.15, 0.2) is 0 Å². The summed E-state index contributed by atoms with van der Waals surface area (Å²) in [5.74, 6) is 0.00920. The second-order valence-corrected chi connectivity index (χ2v) is 5.43. The van der Waals surface area contributed by atoms with Crippen LogP contribution < -0.4 is 0 Å². The minimum Gasteiger partial charge on any atom is -0.478 e. The summed E-state index contributed by atoms with van der Waals surface area (Å²) in [6, 6.07) is 7.78. The van der Waals surface area contributed by atoms with Crippen LogP contribution >= 0.6 is 11.3 Å². The monoisotopic (exact) mass is 277 g/mol. The quantitative estimate of drug-likeness (QED) is 0.824. The Morgan fingerprint density at radius 3 is 2.95 bits per heavy atom. The van der Waals surface area contributed by atoms with E-state index in [-0.39, 0.29) is 0 Å². The van der Waals surface area contributed by atoms with E-state index in [0.29, 0.717) is 0 Å². The summed E-state index contributed by atoms with van der Waals surface area (Å²) >= 11 is 1.59. The maximum atomic E-state index is 10.4. The van der Waals surface area contributed by atoms with Gasteiger partial charge in [0.05, 0.1) is 12.8 Å². The number of carboxylic acid groups (broad SMARTS) is 1. The Kier molecular flexibility index (Phi) is 4.54. The molecule has 1 N–H and O–H groups in total. The molecule has 0 radical (unpaired) electrons. The summed E-state index contributed by atoms with van der Waals surface area (Å²) in [4.78, 5) is 14.7. The molecular weight excluding hydrogens is 262 g/mol. The number of rotatable bonds is 6. The molecule has 4 nitrogen and oxygen atoms in total. The Bertz CT molecular complexity index is 557. The lowest BCUT2D eigenvalue weighted by atomic mass is 10.3. The van der Waals surface area contributed by atoms with Gasteiger partial charge in [-0.3, -0.25) is 4.90 Å². The molecule has 0 aromatic carbocycles. The molecule has 2 rings (SSSR count). The van der Waals surface area contributed by atoms with E-state index in [9.17, 15) is 4.79 Å². The molecule has 0 amide bonds. The molecule has 0 saturated carbocycles. The van der Waals surface area contributed by atoms with Gasteiger partial charge in [-0.05, 0) is 37.4 Å². The predicted octanol–water partition coefficient (Wildman–Crippen LogP) is 3.07. The van der Waals surface area contributed by atoms with Crippen molar-refractivity contribution in [2.24, 2.45) is 0 Å². The average molecular weight is 277 g/mol. The topological polar surface area (TPSA) is 53.7 Å². The van der Waals surface area contributed by atoms with Crippen molar-refractivity contribution in [3.05, 3.63) is 52.1 Å². The third kappa shape index (κ3) is 4.39. The minimum absolute atomic E-state index is 0.755. The summed E-state index contributed by atoms with van der Waals surface area (Å²) in [7, 11) is 2.02. The van der Waals surface area contributed by atoms with Gasteiger partial charge in [0.2, 0.25) is 0 Å². The summed E-state index contributed by atoms with van der Waals surface area (Å²) in [5.41, 5.74) is 0. The van der Waals surface area contributed by atoms with Gasteiger partial charge < -0.3 is 9.52 Å². The first-order valence-electron chi connectivity index (χ1n) is 5.84. The standard InChI is InChI=1S/C14H15NO3S/c1-15(9-11-3-2-8-18-11)10-13-5-4-12(19-13)6-7-14(16)17/h2-8H,9-10H2,1H3,(H,16,17). The predicted molar refractivity (Wildman–Crippen MR) is 74.9 cm³/mol. The van der Waals surface area contributed by atoms with E-state index in [2.05, 4.69) is 4.90 Å². The van der Waals surface area contributed by atoms with E-state index in [1.54, 1.807) is 23.7 Å². The summed E-state index contributed by atoms with van der Waals surface area (Å²) in [6.45, 7) is 1.57. The molecular formula is C14H15NO3S. The first kappa shape index (κ1) is 13.6. The largest absolute Gasteiger partial charge is 0.478 e. The highest BCUT2D eigenvalue weighted by Crippen LogP contribution is 2.20. The smallest absolute Gasteiger partial charge is 0.328 e. The van der Waals surface area contributed by atoms with Crippen molar-refractivity contribution in [2.45, 2.75) is 13.1 Å². The summed E-state index contributed by atoms with van der Waals surface area (Å²) in [5, 5.41) is 8.57. The summed E-state index contributed by atoms with van der Waals surface area (Å²) in [6.07, 6.45) is 4.44. The van der Waals surface area contributed by atoms with Crippen LogP contribution in [0.1, 0.15) is 15.5 Å². The zero-order valence-corrected chi connectivity index (χ0v) is 11.4. The molecule has 2 aromatic heterocycles. The van der Waals surface area contributed by atoms with E-state index >= 15 is 0 Å². The first-order chi connectivity index (χ1) is 9.13. The van der Waals surface area contributed by atoms with Gasteiger partial charge in [-0.2, -0.15) is 0 Å². The fraction of sp³-hybridized carbons (Fsp3) is 0.214. The van der Waals surface area contributed by atoms with Gasteiger partial charge >= 0.3 is 5.97 Å². The fourth-order valence-corrected chi connectivity index (χ4v) is 2.71. The number of carbonyl (C=O) groups is 1. The first-order valence-corrected chi connectivity index (χ1v) is 6.66. The highest BCUT2D eigenvalue weighted by molar-refractivity contribution is 7.12. The molecule has 5 heteroatoms. The molecule has 0 aliphatic rings. The van der Waals surface area contributed by atoms with E-state index < -0.39 is 5.97 Å². The van der Waals surface area contributed by atoms with Gasteiger partial charge in [0.25, 0.3) is 0 Å². The van der Waals surface area contributed by atoms with E-state index in [4.69, 9.17) is 9.52 Å². The van der Waals surface area contributed by atoms with Crippen LogP contribution in [0.5, 0.6) is 0 Å². The van der Waals surface area contributed by atoms with Crippen molar-refractivity contribution in [3.8, 4) is 0 Å². The number of aliphatic carboxylic acids is 1. The van der Waals surface area contributed by atoms with Crippen molar-refractivity contribution in [2.75, 3.05) is 7.05 Å². The van der Waals surface area contributed by atoms with Gasteiger partial charge in [0.1, 0.15) is 5.76 Å². The molecule has 0 saturated heterocycles. The molecule has 0 spiro atoms. The molecule has 0 unspecified atom stereocenters. The van der Waals surface area contributed by atoms with Gasteiger partial charge in [0, 0.05) is 22.4 Å². The SMILES string of the molecule is CN(Cc1ccco1)Cc1ccc(C=CC(=O)O)s1. The lowest BCUT2D eigenvalue weighted by Crippen LogP contribution is -2.15. The molecule has 19 heavy (non-hydrogen) atoms. The van der Waals surface area contributed by atoms with Gasteiger partial charge in [-0.15, -0.1) is 11.3 Å². The number of hydrogen-bond donors (Lipinski definition) is 1. The molecule has 2 heterocycles. The maximum Gasteiger partial charge on any atom is 0.328 e. The van der Waals surface area contributed by atoms with Crippen LogP contribution in [0.15, 0.2) is 41.0 Å². The number of carboxylic acids is 1. The second-order valence-electron chi connectivity index (χ2n) is 4.23. The zero-order valence-electron chi connectivity index (χ0n) is 10.6. The average Bonchev–Trinajstić information content (AvgIpc) is 2.98. The molecule has 100 valence electrons. The molecule has 0 bridgehead atoms. The van der Waals surface area contributed by atoms with Crippen LogP contribution in [0, 0.1) is 0 Å². The Morgan fingerprint density at radius 2 is 2.26 bits per heavy atom. The Balaban J connectivity index is 1.90. The Hall–Kier alpha value is -1.85. The van der Waals surface area contributed by atoms with Crippen molar-refractivity contribution in [1.82, 2.24) is 4.90 Å². The van der Waals surface area contributed by atoms with Crippen LogP contribution in [0.4, 0.5) is 0 Å². The lowest BCUT2D eigenvalue weighted by Gasteiger charge is -2.13. The Labute approximate surface area is 115 Å². The third-order valence-electron chi connectivity index (χ3n) is 2.50. The van der Waals surface area contributed by atoms with Crippen molar-refractivity contribution in [1.29, 1.82) is 0 Å². The highest BCUT2D eigenvalue weighted by atomic mass is 32.1. The van der Waals surface area contributed by atoms with Crippen molar-refractivity contribution >= 4 is 23.4 Å². The van der Waals surface area contributed by atoms with Crippen LogP contribution in [0.25, 0.3) is 6.08 Å². The third-order valence-corrected chi connectivity index (χ3v) is 3.54. The number of hydrogen-bond acceptors (Lipinski definition) is 4. The van der Waals surface area contributed by atoms with Crippen LogP contribution in [0.3, 0.4) is 0 Å². The second kappa shape index (κ2) is 6.36. The number of nitrogens with zero attached hydrogens (tertiary/aromatic N) is 1. The molecule has 0 aliphatic carbocycles. The number of thiophene rings is 1. The fourth-order valence-electron chi connectivity index (χ4n) is 1.71. The van der Waals surface area contributed by atoms with Crippen LogP contribution in [-0.2, 0) is 17.9 Å². The maximum absolute atomic E-state index is 10.4. The van der Waals surface area contributed by atoms with E-state index in [0.717, 1.165) is 29.8 Å².